The molecule has 19 heavy (non-hydrogen) atoms. The van der Waals surface area contributed by atoms with Crippen molar-refractivity contribution in [3.63, 3.8) is 0 Å². The molecule has 1 heterocycles. The van der Waals surface area contributed by atoms with Crippen molar-refractivity contribution in [1.29, 1.82) is 0 Å². The Balaban J connectivity index is 1.49. The van der Waals surface area contributed by atoms with Gasteiger partial charge in [0.25, 0.3) is 0 Å². The van der Waals surface area contributed by atoms with Crippen molar-refractivity contribution in [3.8, 4) is 5.75 Å². The monoisotopic (exact) mass is 266 g/mol. The molecule has 106 valence electrons. The highest BCUT2D eigenvalue weighted by Crippen LogP contribution is 2.11. The van der Waals surface area contributed by atoms with E-state index in [2.05, 4.69) is 10.2 Å². The maximum atomic E-state index is 12.7. The van der Waals surface area contributed by atoms with Gasteiger partial charge in [-0.3, -0.25) is 0 Å². The van der Waals surface area contributed by atoms with E-state index in [1.165, 1.54) is 44.6 Å². The molecule has 1 aliphatic rings. The van der Waals surface area contributed by atoms with Gasteiger partial charge in [-0.15, -0.1) is 0 Å². The maximum absolute atomic E-state index is 12.7. The van der Waals surface area contributed by atoms with E-state index in [0.717, 1.165) is 25.3 Å². The molecule has 0 bridgehead atoms. The summed E-state index contributed by atoms with van der Waals surface area (Å²) in [6, 6.07) is 6.21. The Bertz CT molecular complexity index is 350. The van der Waals surface area contributed by atoms with Crippen LogP contribution in [0.2, 0.25) is 0 Å². The first-order valence-corrected chi connectivity index (χ1v) is 7.16. The van der Waals surface area contributed by atoms with Gasteiger partial charge in [0.15, 0.2) is 0 Å². The molecule has 0 saturated carbocycles. The Morgan fingerprint density at radius 1 is 1.05 bits per heavy atom. The van der Waals surface area contributed by atoms with Gasteiger partial charge in [-0.25, -0.2) is 4.39 Å². The SMILES string of the molecule is Fc1ccc(OCCCCCN2CCNCC2)cc1. The van der Waals surface area contributed by atoms with Gasteiger partial charge in [0.05, 0.1) is 6.61 Å². The highest BCUT2D eigenvalue weighted by molar-refractivity contribution is 5.21. The Morgan fingerprint density at radius 2 is 1.79 bits per heavy atom. The Morgan fingerprint density at radius 3 is 2.53 bits per heavy atom. The van der Waals surface area contributed by atoms with Crippen molar-refractivity contribution in [3.05, 3.63) is 30.1 Å². The number of unbranched alkanes of at least 4 members (excludes halogenated alkanes) is 2. The molecule has 0 spiro atoms. The van der Waals surface area contributed by atoms with Crippen LogP contribution in [-0.2, 0) is 0 Å². The van der Waals surface area contributed by atoms with Gasteiger partial charge < -0.3 is 15.0 Å². The topological polar surface area (TPSA) is 24.5 Å². The van der Waals surface area contributed by atoms with Gasteiger partial charge in [-0.05, 0) is 50.1 Å². The van der Waals surface area contributed by atoms with Crippen molar-refractivity contribution >= 4 is 0 Å². The van der Waals surface area contributed by atoms with Crippen LogP contribution in [0, 0.1) is 5.82 Å². The van der Waals surface area contributed by atoms with Gasteiger partial charge in [-0.2, -0.15) is 0 Å². The van der Waals surface area contributed by atoms with Crippen LogP contribution in [0.5, 0.6) is 5.75 Å². The van der Waals surface area contributed by atoms with Crippen molar-refractivity contribution in [2.24, 2.45) is 0 Å². The summed E-state index contributed by atoms with van der Waals surface area (Å²) in [5.74, 6) is 0.534. The molecule has 0 unspecified atom stereocenters. The van der Waals surface area contributed by atoms with E-state index in [1.54, 1.807) is 12.1 Å². The Kier molecular flexibility index (Phi) is 6.11. The van der Waals surface area contributed by atoms with Crippen LogP contribution >= 0.6 is 0 Å². The molecule has 1 aromatic carbocycles. The van der Waals surface area contributed by atoms with Crippen LogP contribution in [-0.4, -0.2) is 44.2 Å². The lowest BCUT2D eigenvalue weighted by Crippen LogP contribution is -2.43. The molecular weight excluding hydrogens is 243 g/mol. The maximum Gasteiger partial charge on any atom is 0.123 e. The molecule has 1 fully saturated rings. The Hall–Kier alpha value is -1.13. The number of benzene rings is 1. The largest absolute Gasteiger partial charge is 0.494 e. The molecular formula is C15H23FN2O. The summed E-state index contributed by atoms with van der Waals surface area (Å²) in [4.78, 5) is 2.51. The molecule has 1 aromatic rings. The van der Waals surface area contributed by atoms with E-state index in [1.807, 2.05) is 0 Å². The molecule has 1 saturated heterocycles. The molecule has 0 amide bonds. The number of rotatable bonds is 7. The molecule has 4 heteroatoms. The van der Waals surface area contributed by atoms with E-state index >= 15 is 0 Å². The van der Waals surface area contributed by atoms with Crippen LogP contribution in [0.1, 0.15) is 19.3 Å². The van der Waals surface area contributed by atoms with Gasteiger partial charge in [0.2, 0.25) is 0 Å². The van der Waals surface area contributed by atoms with Crippen molar-refractivity contribution in [1.82, 2.24) is 10.2 Å². The third-order valence-corrected chi connectivity index (χ3v) is 3.41. The number of ether oxygens (including phenoxy) is 1. The molecule has 0 radical (unpaired) electrons. The number of piperazine rings is 1. The summed E-state index contributed by atoms with van der Waals surface area (Å²) in [7, 11) is 0. The number of hydrogen-bond donors (Lipinski definition) is 1. The van der Waals surface area contributed by atoms with E-state index in [9.17, 15) is 4.39 Å². The number of hydrogen-bond acceptors (Lipinski definition) is 3. The van der Waals surface area contributed by atoms with Crippen LogP contribution in [0.25, 0.3) is 0 Å². The minimum absolute atomic E-state index is 0.219. The normalized spacial score (nSPS) is 16.5. The van der Waals surface area contributed by atoms with Gasteiger partial charge >= 0.3 is 0 Å². The quantitative estimate of drug-likeness (QED) is 0.766. The van der Waals surface area contributed by atoms with Gasteiger partial charge in [-0.1, -0.05) is 0 Å². The summed E-state index contributed by atoms with van der Waals surface area (Å²) in [6.07, 6.45) is 3.47. The van der Waals surface area contributed by atoms with Gasteiger partial charge in [0, 0.05) is 26.2 Å². The van der Waals surface area contributed by atoms with E-state index in [-0.39, 0.29) is 5.82 Å². The lowest BCUT2D eigenvalue weighted by molar-refractivity contribution is 0.232. The van der Waals surface area contributed by atoms with E-state index in [0.29, 0.717) is 6.61 Å². The zero-order valence-electron chi connectivity index (χ0n) is 11.4. The minimum atomic E-state index is -0.219. The molecule has 2 rings (SSSR count). The highest BCUT2D eigenvalue weighted by Gasteiger charge is 2.07. The smallest absolute Gasteiger partial charge is 0.123 e. The minimum Gasteiger partial charge on any atom is -0.494 e. The molecule has 1 aliphatic heterocycles. The summed E-state index contributed by atoms with van der Waals surface area (Å²) in [5.41, 5.74) is 0. The first kappa shape index (κ1) is 14.3. The average molecular weight is 266 g/mol. The predicted octanol–water partition coefficient (Wildman–Crippen LogP) is 2.28. The van der Waals surface area contributed by atoms with Crippen LogP contribution < -0.4 is 10.1 Å². The van der Waals surface area contributed by atoms with Crippen molar-refractivity contribution in [2.75, 3.05) is 39.3 Å². The molecule has 1 N–H and O–H groups in total. The third kappa shape index (κ3) is 5.57. The first-order chi connectivity index (χ1) is 9.34. The fourth-order valence-corrected chi connectivity index (χ4v) is 2.27. The highest BCUT2D eigenvalue weighted by atomic mass is 19.1. The number of nitrogens with one attached hydrogen (secondary N) is 1. The second kappa shape index (κ2) is 8.12. The predicted molar refractivity (Wildman–Crippen MR) is 75.1 cm³/mol. The first-order valence-electron chi connectivity index (χ1n) is 7.16. The van der Waals surface area contributed by atoms with Crippen LogP contribution in [0.4, 0.5) is 4.39 Å². The van der Waals surface area contributed by atoms with Crippen LogP contribution in [0.3, 0.4) is 0 Å². The summed E-state index contributed by atoms with van der Waals surface area (Å²) >= 11 is 0. The lowest BCUT2D eigenvalue weighted by Gasteiger charge is -2.26. The molecule has 0 aliphatic carbocycles. The molecule has 3 nitrogen and oxygen atoms in total. The van der Waals surface area contributed by atoms with E-state index < -0.39 is 0 Å². The zero-order chi connectivity index (χ0) is 13.3. The van der Waals surface area contributed by atoms with Crippen molar-refractivity contribution in [2.45, 2.75) is 19.3 Å². The second-order valence-corrected chi connectivity index (χ2v) is 4.95. The number of halogens is 1. The van der Waals surface area contributed by atoms with Crippen LogP contribution in [0.15, 0.2) is 24.3 Å². The standard InChI is InChI=1S/C15H23FN2O/c16-14-4-6-15(7-5-14)19-13-3-1-2-10-18-11-8-17-9-12-18/h4-7,17H,1-3,8-13H2. The summed E-state index contributed by atoms with van der Waals surface area (Å²) < 4.78 is 18.3. The number of nitrogens with zero attached hydrogens (tertiary/aromatic N) is 1. The van der Waals surface area contributed by atoms with E-state index in [4.69, 9.17) is 4.74 Å². The zero-order valence-corrected chi connectivity index (χ0v) is 11.4. The van der Waals surface area contributed by atoms with Crippen molar-refractivity contribution < 1.29 is 9.13 Å². The molecule has 0 aromatic heterocycles. The summed E-state index contributed by atoms with van der Waals surface area (Å²) in [5, 5.41) is 3.36. The third-order valence-electron chi connectivity index (χ3n) is 3.41. The Labute approximate surface area is 114 Å². The fourth-order valence-electron chi connectivity index (χ4n) is 2.27. The fraction of sp³-hybridized carbons (Fsp3) is 0.600. The van der Waals surface area contributed by atoms with Gasteiger partial charge in [0.1, 0.15) is 11.6 Å². The second-order valence-electron chi connectivity index (χ2n) is 4.95. The molecule has 0 atom stereocenters. The lowest BCUT2D eigenvalue weighted by atomic mass is 10.2. The summed E-state index contributed by atoms with van der Waals surface area (Å²) in [6.45, 7) is 6.49. The average Bonchev–Trinajstić information content (AvgIpc) is 2.46.